The molecule has 3 aliphatic heterocycles. The maximum Gasteiger partial charge on any atom is 0.125 e. The first-order valence-electron chi connectivity index (χ1n) is 18.6. The van der Waals surface area contributed by atoms with Crippen molar-refractivity contribution in [3.8, 4) is 11.5 Å². The summed E-state index contributed by atoms with van der Waals surface area (Å²) in [5.41, 5.74) is 11.4. The van der Waals surface area contributed by atoms with E-state index in [9.17, 15) is 0 Å². The number of hydrogen-bond acceptors (Lipinski definition) is 5. The zero-order chi connectivity index (χ0) is 34.0. The monoisotopic (exact) mass is 712 g/mol. The number of hydrogen-bond donors (Lipinski definition) is 2. The highest BCUT2D eigenvalue weighted by atomic mass is 32.1. The van der Waals surface area contributed by atoms with Gasteiger partial charge in [0.05, 0.1) is 10.2 Å². The smallest absolute Gasteiger partial charge is 0.125 e. The van der Waals surface area contributed by atoms with Crippen molar-refractivity contribution in [3.63, 3.8) is 0 Å². The van der Waals surface area contributed by atoms with E-state index in [-0.39, 0.29) is 24.0 Å². The van der Waals surface area contributed by atoms with Crippen LogP contribution in [0.4, 0.5) is 0 Å². The summed E-state index contributed by atoms with van der Waals surface area (Å²) >= 11 is 3.89. The Kier molecular flexibility index (Phi) is 6.31. The SMILES string of the molecule is C1=CC2Oc3cc(C4=CCCc5sc6c(c54)CNCC6)ccc3C3(c4ccccc4OC4C=C(c5cccc6sc7cc[nH]c7c56)C=CC43)C2C=C1. The third kappa shape index (κ3) is 4.00. The molecule has 6 heteroatoms. The van der Waals surface area contributed by atoms with Crippen LogP contribution in [0.1, 0.15) is 49.6 Å². The minimum atomic E-state index is -0.394. The van der Waals surface area contributed by atoms with Crippen molar-refractivity contribution in [2.45, 2.75) is 43.4 Å². The van der Waals surface area contributed by atoms with Gasteiger partial charge in [0, 0.05) is 73.1 Å². The van der Waals surface area contributed by atoms with Crippen molar-refractivity contribution < 1.29 is 9.47 Å². The van der Waals surface area contributed by atoms with Crippen LogP contribution in [0.3, 0.4) is 0 Å². The van der Waals surface area contributed by atoms with Crippen LogP contribution in [0, 0.1) is 11.8 Å². The van der Waals surface area contributed by atoms with Crippen LogP contribution < -0.4 is 14.8 Å². The molecule has 4 nitrogen and oxygen atoms in total. The molecule has 0 radical (unpaired) electrons. The Bertz CT molecular complexity index is 2640. The first-order valence-corrected chi connectivity index (χ1v) is 20.3. The summed E-state index contributed by atoms with van der Waals surface area (Å²) in [6, 6.07) is 24.8. The lowest BCUT2D eigenvalue weighted by Crippen LogP contribution is -2.57. The van der Waals surface area contributed by atoms with Gasteiger partial charge < -0.3 is 19.8 Å². The van der Waals surface area contributed by atoms with E-state index in [1.807, 2.05) is 22.7 Å². The zero-order valence-corrected chi connectivity index (χ0v) is 30.2. The van der Waals surface area contributed by atoms with Gasteiger partial charge in [0.2, 0.25) is 0 Å². The van der Waals surface area contributed by atoms with Gasteiger partial charge in [-0.2, -0.15) is 0 Å². The summed E-state index contributed by atoms with van der Waals surface area (Å²) in [6.07, 6.45) is 23.9. The van der Waals surface area contributed by atoms with Crippen LogP contribution in [-0.4, -0.2) is 23.7 Å². The lowest BCUT2D eigenvalue weighted by Gasteiger charge is -2.56. The molecule has 1 spiro atoms. The van der Waals surface area contributed by atoms with Crippen molar-refractivity contribution in [2.75, 3.05) is 6.54 Å². The number of para-hydroxylation sites is 1. The van der Waals surface area contributed by atoms with Crippen molar-refractivity contribution in [2.24, 2.45) is 11.8 Å². The second kappa shape index (κ2) is 11.1. The summed E-state index contributed by atoms with van der Waals surface area (Å²) in [5.74, 6) is 2.11. The third-order valence-electron chi connectivity index (χ3n) is 12.4. The topological polar surface area (TPSA) is 46.3 Å². The first-order chi connectivity index (χ1) is 25.8. The Balaban J connectivity index is 1.04. The fourth-order valence-corrected chi connectivity index (χ4v) is 12.8. The normalized spacial score (nSPS) is 26.4. The molecule has 6 heterocycles. The van der Waals surface area contributed by atoms with E-state index in [0.29, 0.717) is 0 Å². The number of benzene rings is 3. The third-order valence-corrected chi connectivity index (χ3v) is 14.9. The minimum absolute atomic E-state index is 0.0611. The van der Waals surface area contributed by atoms with Crippen molar-refractivity contribution >= 4 is 54.1 Å². The van der Waals surface area contributed by atoms with Gasteiger partial charge in [-0.25, -0.2) is 0 Å². The van der Waals surface area contributed by atoms with Crippen LogP contribution in [0.25, 0.3) is 31.4 Å². The van der Waals surface area contributed by atoms with E-state index >= 15 is 0 Å². The van der Waals surface area contributed by atoms with E-state index in [2.05, 4.69) is 132 Å². The number of thiophene rings is 2. The molecule has 3 aliphatic carbocycles. The second-order valence-corrected chi connectivity index (χ2v) is 17.2. The van der Waals surface area contributed by atoms with E-state index < -0.39 is 5.41 Å². The fraction of sp³-hybridized carbons (Fsp3) is 0.217. The summed E-state index contributed by atoms with van der Waals surface area (Å²) in [5, 5.41) is 4.94. The highest BCUT2D eigenvalue weighted by molar-refractivity contribution is 7.25. The Hall–Kier alpha value is -4.88. The number of allylic oxidation sites excluding steroid dienone is 5. The number of ether oxygens (including phenoxy) is 2. The molecule has 2 N–H and O–H groups in total. The molecule has 6 aromatic rings. The molecule has 5 unspecified atom stereocenters. The van der Waals surface area contributed by atoms with Gasteiger partial charge in [-0.1, -0.05) is 78.9 Å². The maximum atomic E-state index is 7.08. The number of H-pyrrole nitrogens is 1. The summed E-state index contributed by atoms with van der Waals surface area (Å²) in [6.45, 7) is 2.03. The Morgan fingerprint density at radius 2 is 1.67 bits per heavy atom. The number of nitrogens with one attached hydrogen (secondary N) is 2. The van der Waals surface area contributed by atoms with Gasteiger partial charge in [-0.15, -0.1) is 22.7 Å². The van der Waals surface area contributed by atoms with E-state index in [1.165, 1.54) is 64.8 Å². The predicted molar refractivity (Wildman–Crippen MR) is 214 cm³/mol. The molecule has 254 valence electrons. The molecule has 0 bridgehead atoms. The average Bonchev–Trinajstić information content (AvgIpc) is 3.91. The number of fused-ring (bicyclic) bond motifs is 14. The molecule has 0 saturated heterocycles. The number of aromatic amines is 1. The van der Waals surface area contributed by atoms with Crippen LogP contribution in [0.2, 0.25) is 0 Å². The van der Waals surface area contributed by atoms with Gasteiger partial charge in [0.25, 0.3) is 0 Å². The zero-order valence-electron chi connectivity index (χ0n) is 28.5. The van der Waals surface area contributed by atoms with Crippen molar-refractivity contribution in [1.82, 2.24) is 10.3 Å². The molecule has 5 atom stereocenters. The van der Waals surface area contributed by atoms with Crippen LogP contribution in [0.15, 0.2) is 122 Å². The Labute approximate surface area is 310 Å². The van der Waals surface area contributed by atoms with Gasteiger partial charge in [-0.05, 0) is 83.5 Å². The molecule has 3 aromatic heterocycles. The van der Waals surface area contributed by atoms with E-state index in [4.69, 9.17) is 9.47 Å². The van der Waals surface area contributed by atoms with Gasteiger partial charge in [0.15, 0.2) is 0 Å². The van der Waals surface area contributed by atoms with Crippen molar-refractivity contribution in [1.29, 1.82) is 0 Å². The molecule has 0 fully saturated rings. The molecule has 52 heavy (non-hydrogen) atoms. The van der Waals surface area contributed by atoms with Crippen LogP contribution in [-0.2, 0) is 24.8 Å². The fourth-order valence-electron chi connectivity index (χ4n) is 10.3. The predicted octanol–water partition coefficient (Wildman–Crippen LogP) is 10.3. The Morgan fingerprint density at radius 1 is 0.769 bits per heavy atom. The first kappa shape index (κ1) is 29.7. The number of aromatic nitrogens is 1. The highest BCUT2D eigenvalue weighted by Gasteiger charge is 2.59. The number of aryl methyl sites for hydroxylation is 1. The Morgan fingerprint density at radius 3 is 2.67 bits per heavy atom. The molecule has 3 aromatic carbocycles. The molecular formula is C46H36N2O2S2. The average molecular weight is 713 g/mol. The molecule has 6 aliphatic rings. The standard InChI is InChI=1S/C46H36N2O2S2/c1-3-11-35-31(9-1)46(33-17-15-26(23-37(33)49-35)28-7-5-13-40-43(28)30-25-47-21-19-39(30)51-40)32-10-2-4-12-36(32)50-38-24-27(16-18-34(38)46)29-8-6-14-41-44(29)45-42(52-41)20-22-48-45/h1-4,6-12,14-18,20,22-24,31,34-35,38,47-48H,5,13,19,21,25H2. The summed E-state index contributed by atoms with van der Waals surface area (Å²) in [7, 11) is 0. The lowest BCUT2D eigenvalue weighted by atomic mass is 9.52. The second-order valence-electron chi connectivity index (χ2n) is 14.9. The van der Waals surface area contributed by atoms with Crippen LogP contribution in [0.5, 0.6) is 11.5 Å². The van der Waals surface area contributed by atoms with E-state index in [1.54, 1.807) is 9.75 Å². The molecule has 0 saturated carbocycles. The maximum absolute atomic E-state index is 7.08. The largest absolute Gasteiger partial charge is 0.485 e. The summed E-state index contributed by atoms with van der Waals surface area (Å²) < 4.78 is 16.7. The number of rotatable bonds is 2. The highest BCUT2D eigenvalue weighted by Crippen LogP contribution is 2.61. The minimum Gasteiger partial charge on any atom is -0.485 e. The van der Waals surface area contributed by atoms with E-state index in [0.717, 1.165) is 43.9 Å². The van der Waals surface area contributed by atoms with Crippen molar-refractivity contribution in [3.05, 3.63) is 165 Å². The molecule has 0 amide bonds. The molecular weight excluding hydrogens is 677 g/mol. The van der Waals surface area contributed by atoms with Gasteiger partial charge in [-0.3, -0.25) is 0 Å². The quantitative estimate of drug-likeness (QED) is 0.188. The lowest BCUT2D eigenvalue weighted by molar-refractivity contribution is 0.0458. The van der Waals surface area contributed by atoms with Gasteiger partial charge >= 0.3 is 0 Å². The molecule has 12 rings (SSSR count). The summed E-state index contributed by atoms with van der Waals surface area (Å²) in [4.78, 5) is 6.64. The van der Waals surface area contributed by atoms with Gasteiger partial charge in [0.1, 0.15) is 23.7 Å². The van der Waals surface area contributed by atoms with Crippen LogP contribution >= 0.6 is 22.7 Å².